The molecule has 1 aromatic heterocycles. The van der Waals surface area contributed by atoms with Gasteiger partial charge in [-0.15, -0.1) is 0 Å². The number of hydrogen-bond acceptors (Lipinski definition) is 7. The van der Waals surface area contributed by atoms with Gasteiger partial charge >= 0.3 is 0 Å². The first-order chi connectivity index (χ1) is 17.6. The van der Waals surface area contributed by atoms with E-state index in [1.807, 2.05) is 61.5 Å². The van der Waals surface area contributed by atoms with Gasteiger partial charge in [0.05, 0.1) is 17.4 Å². The molecule has 0 saturated carbocycles. The van der Waals surface area contributed by atoms with Crippen LogP contribution in [0.3, 0.4) is 0 Å². The number of amides is 1. The van der Waals surface area contributed by atoms with Crippen molar-refractivity contribution in [2.24, 2.45) is 0 Å². The molecule has 4 aromatic rings. The number of para-hydroxylation sites is 2. The third-order valence-corrected chi connectivity index (χ3v) is 6.44. The molecule has 2 heterocycles. The second-order valence-corrected chi connectivity index (χ2v) is 8.66. The molecule has 1 unspecified atom stereocenters. The highest BCUT2D eigenvalue weighted by molar-refractivity contribution is 6.14. The molecule has 3 aromatic carbocycles. The Morgan fingerprint density at radius 1 is 0.833 bits per heavy atom. The van der Waals surface area contributed by atoms with Crippen molar-refractivity contribution in [2.75, 3.05) is 36.4 Å². The fourth-order valence-electron chi connectivity index (χ4n) is 4.36. The highest BCUT2D eigenvalue weighted by atomic mass is 16.2. The van der Waals surface area contributed by atoms with Crippen LogP contribution in [0.2, 0.25) is 0 Å². The Labute approximate surface area is 209 Å². The average Bonchev–Trinajstić information content (AvgIpc) is 3.44. The van der Waals surface area contributed by atoms with E-state index in [0.29, 0.717) is 48.9 Å². The van der Waals surface area contributed by atoms with Crippen molar-refractivity contribution in [2.45, 2.75) is 13.0 Å². The van der Waals surface area contributed by atoms with Crippen LogP contribution in [0, 0.1) is 0 Å². The summed E-state index contributed by atoms with van der Waals surface area (Å²) in [6.07, 6.45) is 0. The lowest BCUT2D eigenvalue weighted by atomic mass is 10.0. The van der Waals surface area contributed by atoms with Crippen LogP contribution in [0.1, 0.15) is 22.8 Å². The average molecular weight is 482 g/mol. The molecule has 1 fully saturated rings. The number of carbonyl (C=O) groups excluding carboxylic acids is 2. The van der Waals surface area contributed by atoms with E-state index in [4.69, 9.17) is 0 Å². The number of nitrogens with one attached hydrogen (secondary N) is 1. The zero-order valence-electron chi connectivity index (χ0n) is 20.0. The number of ketones is 1. The maximum absolute atomic E-state index is 13.2. The Hall–Kier alpha value is -4.37. The van der Waals surface area contributed by atoms with E-state index >= 15 is 0 Å². The van der Waals surface area contributed by atoms with Gasteiger partial charge in [-0.3, -0.25) is 14.5 Å². The summed E-state index contributed by atoms with van der Waals surface area (Å²) in [6.45, 7) is 4.63. The maximum atomic E-state index is 13.2. The van der Waals surface area contributed by atoms with E-state index in [1.54, 1.807) is 35.0 Å². The van der Waals surface area contributed by atoms with E-state index in [-0.39, 0.29) is 17.7 Å². The number of piperazine rings is 1. The summed E-state index contributed by atoms with van der Waals surface area (Å²) in [5.74, 6) is 0.418. The Morgan fingerprint density at radius 3 is 2.19 bits per heavy atom. The molecule has 0 radical (unpaired) electrons. The molecule has 182 valence electrons. The first-order valence-electron chi connectivity index (χ1n) is 11.9. The van der Waals surface area contributed by atoms with Gasteiger partial charge in [-0.25, -0.2) is 0 Å². The molecule has 1 saturated heterocycles. The van der Waals surface area contributed by atoms with Gasteiger partial charge in [-0.1, -0.05) is 65.8 Å². The van der Waals surface area contributed by atoms with Gasteiger partial charge in [-0.05, 0) is 41.6 Å². The van der Waals surface area contributed by atoms with Crippen molar-refractivity contribution in [3.8, 4) is 5.69 Å². The zero-order chi connectivity index (χ0) is 24.9. The number of anilines is 2. The monoisotopic (exact) mass is 481 g/mol. The SMILES string of the molecule is CC(C(=O)Nc1ccccc1C(=O)c1ccccc1)N1CCN(c2nnnn2-c2ccccc2)CC1. The number of aromatic nitrogens is 4. The van der Waals surface area contributed by atoms with Gasteiger partial charge in [0.15, 0.2) is 5.78 Å². The molecular formula is C27H27N7O2. The predicted octanol–water partition coefficient (Wildman–Crippen LogP) is 3.04. The summed E-state index contributed by atoms with van der Waals surface area (Å²) >= 11 is 0. The van der Waals surface area contributed by atoms with Crippen molar-refractivity contribution >= 4 is 23.3 Å². The molecular weight excluding hydrogens is 454 g/mol. The smallest absolute Gasteiger partial charge is 0.250 e. The molecule has 0 bridgehead atoms. The van der Waals surface area contributed by atoms with Gasteiger partial charge in [0.2, 0.25) is 11.9 Å². The molecule has 5 rings (SSSR count). The summed E-state index contributed by atoms with van der Waals surface area (Å²) in [7, 11) is 0. The molecule has 1 aliphatic rings. The highest BCUT2D eigenvalue weighted by Gasteiger charge is 2.28. The first kappa shape index (κ1) is 23.4. The largest absolute Gasteiger partial charge is 0.337 e. The minimum Gasteiger partial charge on any atom is -0.337 e. The van der Waals surface area contributed by atoms with Crippen LogP contribution in [0.5, 0.6) is 0 Å². The van der Waals surface area contributed by atoms with Crippen LogP contribution in [-0.4, -0.2) is 69.0 Å². The molecule has 9 nitrogen and oxygen atoms in total. The summed E-state index contributed by atoms with van der Waals surface area (Å²) < 4.78 is 1.73. The van der Waals surface area contributed by atoms with Crippen LogP contribution in [0.4, 0.5) is 11.6 Å². The van der Waals surface area contributed by atoms with Crippen molar-refractivity contribution in [1.82, 2.24) is 25.1 Å². The zero-order valence-corrected chi connectivity index (χ0v) is 20.0. The summed E-state index contributed by atoms with van der Waals surface area (Å²) in [5.41, 5.74) is 2.48. The summed E-state index contributed by atoms with van der Waals surface area (Å²) in [4.78, 5) is 30.4. The normalized spacial score (nSPS) is 14.9. The Balaban J connectivity index is 1.23. The Morgan fingerprint density at radius 2 is 1.47 bits per heavy atom. The topological polar surface area (TPSA) is 96.2 Å². The molecule has 9 heteroatoms. The van der Waals surface area contributed by atoms with Gasteiger partial charge in [0, 0.05) is 37.3 Å². The van der Waals surface area contributed by atoms with Crippen molar-refractivity contribution in [3.05, 3.63) is 96.1 Å². The lowest BCUT2D eigenvalue weighted by molar-refractivity contribution is -0.120. The van der Waals surface area contributed by atoms with E-state index < -0.39 is 0 Å². The lowest BCUT2D eigenvalue weighted by Crippen LogP contribution is -2.53. The van der Waals surface area contributed by atoms with Crippen LogP contribution >= 0.6 is 0 Å². The molecule has 1 N–H and O–H groups in total. The van der Waals surface area contributed by atoms with Gasteiger partial charge < -0.3 is 10.2 Å². The highest BCUT2D eigenvalue weighted by Crippen LogP contribution is 2.21. The van der Waals surface area contributed by atoms with E-state index in [0.717, 1.165) is 5.69 Å². The molecule has 1 atom stereocenters. The van der Waals surface area contributed by atoms with Crippen molar-refractivity contribution in [3.63, 3.8) is 0 Å². The summed E-state index contributed by atoms with van der Waals surface area (Å²) in [6, 6.07) is 25.6. The van der Waals surface area contributed by atoms with Crippen molar-refractivity contribution in [1.29, 1.82) is 0 Å². The van der Waals surface area contributed by atoms with Gasteiger partial charge in [-0.2, -0.15) is 4.68 Å². The van der Waals surface area contributed by atoms with Crippen molar-refractivity contribution < 1.29 is 9.59 Å². The van der Waals surface area contributed by atoms with E-state index in [1.165, 1.54) is 0 Å². The number of nitrogens with zero attached hydrogens (tertiary/aromatic N) is 6. The molecule has 1 amide bonds. The fraction of sp³-hybridized carbons (Fsp3) is 0.222. The predicted molar refractivity (Wildman–Crippen MR) is 137 cm³/mol. The van der Waals surface area contributed by atoms with Crippen LogP contribution in [-0.2, 0) is 4.79 Å². The first-order valence-corrected chi connectivity index (χ1v) is 11.9. The molecule has 0 spiro atoms. The Bertz CT molecular complexity index is 1330. The fourth-order valence-corrected chi connectivity index (χ4v) is 4.36. The summed E-state index contributed by atoms with van der Waals surface area (Å²) in [5, 5.41) is 15.2. The number of tetrazole rings is 1. The standard InChI is InChI=1S/C27H27N7O2/c1-20(26(36)28-24-15-9-8-14-23(24)25(35)21-10-4-2-5-11-21)32-16-18-33(19-17-32)27-29-30-31-34(27)22-12-6-3-7-13-22/h2-15,20H,16-19H2,1H3,(H,28,36). The third-order valence-electron chi connectivity index (χ3n) is 6.44. The second-order valence-electron chi connectivity index (χ2n) is 8.66. The number of carbonyl (C=O) groups is 2. The number of hydrogen-bond donors (Lipinski definition) is 1. The van der Waals surface area contributed by atoms with Gasteiger partial charge in [0.25, 0.3) is 0 Å². The maximum Gasteiger partial charge on any atom is 0.250 e. The Kier molecular flexibility index (Phi) is 6.81. The minimum absolute atomic E-state index is 0.121. The quantitative estimate of drug-likeness (QED) is 0.405. The number of rotatable bonds is 7. The lowest BCUT2D eigenvalue weighted by Gasteiger charge is -2.37. The number of benzene rings is 3. The second kappa shape index (κ2) is 10.5. The van der Waals surface area contributed by atoms with Crippen LogP contribution in [0.25, 0.3) is 5.69 Å². The van der Waals surface area contributed by atoms with Gasteiger partial charge in [0.1, 0.15) is 0 Å². The van der Waals surface area contributed by atoms with Crippen LogP contribution < -0.4 is 10.2 Å². The van der Waals surface area contributed by atoms with Crippen LogP contribution in [0.15, 0.2) is 84.9 Å². The minimum atomic E-state index is -0.364. The molecule has 1 aliphatic heterocycles. The molecule has 36 heavy (non-hydrogen) atoms. The van der Waals surface area contributed by atoms with E-state index in [2.05, 4.69) is 30.6 Å². The third kappa shape index (κ3) is 4.87. The van der Waals surface area contributed by atoms with E-state index in [9.17, 15) is 9.59 Å². The molecule has 0 aliphatic carbocycles.